The van der Waals surface area contributed by atoms with Gasteiger partial charge < -0.3 is 19.7 Å². The van der Waals surface area contributed by atoms with Gasteiger partial charge in [-0.2, -0.15) is 0 Å². The van der Waals surface area contributed by atoms with E-state index in [9.17, 15) is 4.79 Å². The molecule has 0 aliphatic carbocycles. The van der Waals surface area contributed by atoms with Crippen molar-refractivity contribution in [2.24, 2.45) is 0 Å². The van der Waals surface area contributed by atoms with Crippen LogP contribution >= 0.6 is 0 Å². The van der Waals surface area contributed by atoms with Crippen LogP contribution in [-0.2, 0) is 6.42 Å². The van der Waals surface area contributed by atoms with Crippen LogP contribution in [0.15, 0.2) is 54.9 Å². The lowest BCUT2D eigenvalue weighted by Gasteiger charge is -2.17. The molecule has 1 aliphatic heterocycles. The van der Waals surface area contributed by atoms with E-state index in [1.807, 2.05) is 30.1 Å². The van der Waals surface area contributed by atoms with Crippen LogP contribution < -0.4 is 19.7 Å². The summed E-state index contributed by atoms with van der Waals surface area (Å²) in [6, 6.07) is 12.6. The number of hydrogen-bond donors (Lipinski definition) is 1. The van der Waals surface area contributed by atoms with Crippen LogP contribution in [0.5, 0.6) is 11.5 Å². The molecule has 4 rings (SSSR count). The van der Waals surface area contributed by atoms with E-state index in [4.69, 9.17) is 9.47 Å². The van der Waals surface area contributed by atoms with Crippen molar-refractivity contribution in [3.8, 4) is 11.5 Å². The first-order chi connectivity index (χ1) is 13.7. The van der Waals surface area contributed by atoms with Gasteiger partial charge in [-0.3, -0.25) is 9.78 Å². The van der Waals surface area contributed by atoms with E-state index in [0.717, 1.165) is 18.8 Å². The molecule has 28 heavy (non-hydrogen) atoms. The molecule has 0 unspecified atom stereocenters. The number of nitrogens with one attached hydrogen (secondary N) is 1. The monoisotopic (exact) mass is 377 g/mol. The van der Waals surface area contributed by atoms with Gasteiger partial charge in [0.05, 0.1) is 0 Å². The highest BCUT2D eigenvalue weighted by Crippen LogP contribution is 2.32. The highest BCUT2D eigenvalue weighted by atomic mass is 16.7. The third kappa shape index (κ3) is 4.01. The molecule has 8 nitrogen and oxygen atoms in total. The van der Waals surface area contributed by atoms with E-state index in [2.05, 4.69) is 20.5 Å². The molecule has 142 valence electrons. The number of pyridine rings is 1. The van der Waals surface area contributed by atoms with Crippen LogP contribution in [0.4, 0.5) is 11.6 Å². The minimum atomic E-state index is -0.286. The zero-order valence-electron chi connectivity index (χ0n) is 15.3. The van der Waals surface area contributed by atoms with E-state index < -0.39 is 0 Å². The molecule has 1 aromatic carbocycles. The minimum absolute atomic E-state index is 0.169. The Bertz CT molecular complexity index is 963. The van der Waals surface area contributed by atoms with Gasteiger partial charge in [0, 0.05) is 31.5 Å². The standard InChI is InChI=1S/C20H19N5O3/c1-25(11-8-14-6-9-21-10-7-14)19-5-4-18(23-24-19)22-20(26)15-2-3-16-17(12-15)28-13-27-16/h2-7,9-10,12H,8,11,13H2,1H3,(H,22,23,26). The Kier molecular flexibility index (Phi) is 5.01. The quantitative estimate of drug-likeness (QED) is 0.706. The molecule has 1 N–H and O–H groups in total. The minimum Gasteiger partial charge on any atom is -0.454 e. The summed E-state index contributed by atoms with van der Waals surface area (Å²) in [4.78, 5) is 18.4. The highest BCUT2D eigenvalue weighted by Gasteiger charge is 2.16. The van der Waals surface area contributed by atoms with E-state index in [-0.39, 0.29) is 12.7 Å². The van der Waals surface area contributed by atoms with Crippen molar-refractivity contribution in [2.75, 3.05) is 30.6 Å². The molecule has 0 atom stereocenters. The first-order valence-corrected chi connectivity index (χ1v) is 8.84. The van der Waals surface area contributed by atoms with Gasteiger partial charge in [0.2, 0.25) is 6.79 Å². The summed E-state index contributed by atoms with van der Waals surface area (Å²) < 4.78 is 10.5. The van der Waals surface area contributed by atoms with Crippen LogP contribution in [0.2, 0.25) is 0 Å². The fraction of sp³-hybridized carbons (Fsp3) is 0.200. The second-order valence-electron chi connectivity index (χ2n) is 6.33. The first-order valence-electron chi connectivity index (χ1n) is 8.84. The predicted molar refractivity (Wildman–Crippen MR) is 104 cm³/mol. The van der Waals surface area contributed by atoms with E-state index in [0.29, 0.717) is 22.9 Å². The smallest absolute Gasteiger partial charge is 0.257 e. The van der Waals surface area contributed by atoms with E-state index in [1.165, 1.54) is 5.56 Å². The third-order valence-electron chi connectivity index (χ3n) is 4.40. The zero-order valence-corrected chi connectivity index (χ0v) is 15.3. The summed E-state index contributed by atoms with van der Waals surface area (Å²) in [5.74, 6) is 2.02. The molecule has 1 amide bonds. The summed E-state index contributed by atoms with van der Waals surface area (Å²) in [7, 11) is 1.95. The van der Waals surface area contributed by atoms with E-state index >= 15 is 0 Å². The molecule has 8 heteroatoms. The Balaban J connectivity index is 1.35. The second kappa shape index (κ2) is 7.91. The molecule has 0 bridgehead atoms. The summed E-state index contributed by atoms with van der Waals surface area (Å²) in [5, 5.41) is 11.0. The molecule has 1 aliphatic rings. The van der Waals surface area contributed by atoms with Crippen molar-refractivity contribution in [3.05, 3.63) is 66.0 Å². The van der Waals surface area contributed by atoms with Gasteiger partial charge in [-0.15, -0.1) is 10.2 Å². The molecular formula is C20H19N5O3. The van der Waals surface area contributed by atoms with Crippen molar-refractivity contribution in [3.63, 3.8) is 0 Å². The fourth-order valence-corrected chi connectivity index (χ4v) is 2.78. The lowest BCUT2D eigenvalue weighted by atomic mass is 10.2. The fourth-order valence-electron chi connectivity index (χ4n) is 2.78. The SMILES string of the molecule is CN(CCc1ccncc1)c1ccc(NC(=O)c2ccc3c(c2)OCO3)nn1. The number of aromatic nitrogens is 3. The summed E-state index contributed by atoms with van der Waals surface area (Å²) >= 11 is 0. The second-order valence-corrected chi connectivity index (χ2v) is 6.33. The van der Waals surface area contributed by atoms with Crippen molar-refractivity contribution in [1.82, 2.24) is 15.2 Å². The van der Waals surface area contributed by atoms with Crippen molar-refractivity contribution in [2.45, 2.75) is 6.42 Å². The zero-order chi connectivity index (χ0) is 19.3. The lowest BCUT2D eigenvalue weighted by molar-refractivity contribution is 0.102. The maximum absolute atomic E-state index is 12.4. The van der Waals surface area contributed by atoms with Crippen LogP contribution in [-0.4, -0.2) is 41.5 Å². The molecule has 3 aromatic rings. The molecule has 0 spiro atoms. The number of amides is 1. The van der Waals surface area contributed by atoms with Gasteiger partial charge in [-0.05, 0) is 54.4 Å². The van der Waals surface area contributed by atoms with Crippen LogP contribution in [0.3, 0.4) is 0 Å². The molecule has 0 saturated carbocycles. The predicted octanol–water partition coefficient (Wildman–Crippen LogP) is 2.53. The molecule has 0 saturated heterocycles. The van der Waals surface area contributed by atoms with Crippen LogP contribution in [0.25, 0.3) is 0 Å². The van der Waals surface area contributed by atoms with Crippen molar-refractivity contribution in [1.29, 1.82) is 0 Å². The van der Waals surface area contributed by atoms with Gasteiger partial charge in [-0.1, -0.05) is 0 Å². The number of likely N-dealkylation sites (N-methyl/N-ethyl adjacent to an activating group) is 1. The van der Waals surface area contributed by atoms with Gasteiger partial charge in [0.15, 0.2) is 23.1 Å². The number of rotatable bonds is 6. The molecule has 3 heterocycles. The van der Waals surface area contributed by atoms with E-state index in [1.54, 1.807) is 36.7 Å². The van der Waals surface area contributed by atoms with Crippen LogP contribution in [0, 0.1) is 0 Å². The van der Waals surface area contributed by atoms with Gasteiger partial charge in [0.1, 0.15) is 0 Å². The number of anilines is 2. The molecule has 0 radical (unpaired) electrons. The largest absolute Gasteiger partial charge is 0.454 e. The maximum Gasteiger partial charge on any atom is 0.257 e. The third-order valence-corrected chi connectivity index (χ3v) is 4.40. The number of hydrogen-bond acceptors (Lipinski definition) is 7. The lowest BCUT2D eigenvalue weighted by Crippen LogP contribution is -2.22. The van der Waals surface area contributed by atoms with Crippen LogP contribution in [0.1, 0.15) is 15.9 Å². The van der Waals surface area contributed by atoms with Crippen molar-refractivity contribution < 1.29 is 14.3 Å². The highest BCUT2D eigenvalue weighted by molar-refractivity contribution is 6.04. The summed E-state index contributed by atoms with van der Waals surface area (Å²) in [6.07, 6.45) is 4.45. The number of carbonyl (C=O) groups excluding carboxylic acids is 1. The normalized spacial score (nSPS) is 11.9. The topological polar surface area (TPSA) is 89.5 Å². The Morgan fingerprint density at radius 1 is 1.07 bits per heavy atom. The van der Waals surface area contributed by atoms with Gasteiger partial charge >= 0.3 is 0 Å². The maximum atomic E-state index is 12.4. The van der Waals surface area contributed by atoms with Crippen molar-refractivity contribution >= 4 is 17.5 Å². The number of fused-ring (bicyclic) bond motifs is 1. The van der Waals surface area contributed by atoms with Gasteiger partial charge in [-0.25, -0.2) is 0 Å². The van der Waals surface area contributed by atoms with Gasteiger partial charge in [0.25, 0.3) is 5.91 Å². The molecule has 0 fully saturated rings. The summed E-state index contributed by atoms with van der Waals surface area (Å²) in [6.45, 7) is 0.962. The average molecular weight is 377 g/mol. The molecular weight excluding hydrogens is 358 g/mol. The first kappa shape index (κ1) is 17.7. The number of benzene rings is 1. The Morgan fingerprint density at radius 3 is 2.68 bits per heavy atom. The average Bonchev–Trinajstić information content (AvgIpc) is 3.21. The Morgan fingerprint density at radius 2 is 1.89 bits per heavy atom. The number of nitrogens with zero attached hydrogens (tertiary/aromatic N) is 4. The number of carbonyl (C=O) groups is 1. The molecule has 2 aromatic heterocycles. The Hall–Kier alpha value is -3.68. The number of ether oxygens (including phenoxy) is 2. The Labute approximate surface area is 162 Å². The summed E-state index contributed by atoms with van der Waals surface area (Å²) in [5.41, 5.74) is 1.67.